The van der Waals surface area contributed by atoms with Gasteiger partial charge in [-0.3, -0.25) is 5.41 Å². The van der Waals surface area contributed by atoms with Gasteiger partial charge in [0, 0.05) is 36.9 Å². The molecule has 0 aromatic heterocycles. The Morgan fingerprint density at radius 2 is 1.93 bits per heavy atom. The quantitative estimate of drug-likeness (QED) is 0.350. The Kier molecular flexibility index (Phi) is 8.48. The molecule has 1 heterocycles. The second-order valence-electron chi connectivity index (χ2n) is 8.10. The van der Waals surface area contributed by atoms with Crippen LogP contribution in [0.5, 0.6) is 0 Å². The van der Waals surface area contributed by atoms with Crippen LogP contribution in [0.2, 0.25) is 5.02 Å². The molecular formula is C21H28Cl2F2N2O3. The molecule has 0 radical (unpaired) electrons. The number of ether oxygens (including phenoxy) is 1. The SMILES string of the molecule is Cl.N=CN1CCC(CCOC(=O)[C@](O)(c2ccc(Cl)cc2)[C@@H]2CCC(F)(F)C2)CC1. The highest BCUT2D eigenvalue weighted by atomic mass is 35.5. The average molecular weight is 465 g/mol. The van der Waals surface area contributed by atoms with E-state index in [9.17, 15) is 18.7 Å². The van der Waals surface area contributed by atoms with E-state index in [4.69, 9.17) is 21.7 Å². The molecule has 3 rings (SSSR count). The molecule has 2 fully saturated rings. The Labute approximate surface area is 186 Å². The molecule has 0 spiro atoms. The second-order valence-corrected chi connectivity index (χ2v) is 8.54. The van der Waals surface area contributed by atoms with Gasteiger partial charge in [-0.05, 0) is 49.3 Å². The van der Waals surface area contributed by atoms with E-state index in [0.717, 1.165) is 25.9 Å². The number of piperidine rings is 1. The molecule has 168 valence electrons. The third kappa shape index (κ3) is 5.62. The van der Waals surface area contributed by atoms with Crippen molar-refractivity contribution >= 4 is 36.3 Å². The number of hydrogen-bond acceptors (Lipinski definition) is 4. The van der Waals surface area contributed by atoms with Crippen molar-refractivity contribution in [3.8, 4) is 0 Å². The molecule has 2 N–H and O–H groups in total. The molecule has 30 heavy (non-hydrogen) atoms. The van der Waals surface area contributed by atoms with Crippen LogP contribution in [0.25, 0.3) is 0 Å². The van der Waals surface area contributed by atoms with Gasteiger partial charge in [-0.2, -0.15) is 0 Å². The van der Waals surface area contributed by atoms with Crippen LogP contribution in [0.15, 0.2) is 24.3 Å². The normalized spacial score (nSPS) is 23.3. The Balaban J connectivity index is 0.00000320. The number of nitrogens with zero attached hydrogens (tertiary/aromatic N) is 1. The molecule has 2 atom stereocenters. The van der Waals surface area contributed by atoms with Crippen molar-refractivity contribution in [3.05, 3.63) is 34.9 Å². The van der Waals surface area contributed by atoms with Gasteiger partial charge in [-0.15, -0.1) is 12.4 Å². The monoisotopic (exact) mass is 464 g/mol. The highest BCUT2D eigenvalue weighted by Crippen LogP contribution is 2.48. The lowest BCUT2D eigenvalue weighted by Gasteiger charge is -2.33. The Hall–Kier alpha value is -1.44. The number of aliphatic hydroxyl groups is 1. The van der Waals surface area contributed by atoms with Gasteiger partial charge in [0.05, 0.1) is 12.9 Å². The fourth-order valence-electron chi connectivity index (χ4n) is 4.33. The topological polar surface area (TPSA) is 73.6 Å². The van der Waals surface area contributed by atoms with Crippen molar-refractivity contribution < 1.29 is 23.4 Å². The van der Waals surface area contributed by atoms with E-state index in [1.54, 1.807) is 0 Å². The molecule has 0 amide bonds. The predicted octanol–water partition coefficient (Wildman–Crippen LogP) is 4.64. The van der Waals surface area contributed by atoms with E-state index in [2.05, 4.69) is 0 Å². The summed E-state index contributed by atoms with van der Waals surface area (Å²) < 4.78 is 33.0. The van der Waals surface area contributed by atoms with E-state index in [1.807, 2.05) is 4.90 Å². The number of carbonyl (C=O) groups is 1. The van der Waals surface area contributed by atoms with Gasteiger partial charge in [0.25, 0.3) is 0 Å². The zero-order valence-electron chi connectivity index (χ0n) is 16.7. The lowest BCUT2D eigenvalue weighted by Crippen LogP contribution is -2.44. The van der Waals surface area contributed by atoms with E-state index in [-0.39, 0.29) is 37.4 Å². The van der Waals surface area contributed by atoms with Crippen LogP contribution in [0, 0.1) is 17.2 Å². The summed E-state index contributed by atoms with van der Waals surface area (Å²) in [6.07, 6.45) is 2.93. The van der Waals surface area contributed by atoms with Crippen LogP contribution in [0.1, 0.15) is 44.1 Å². The van der Waals surface area contributed by atoms with Crippen LogP contribution in [0.4, 0.5) is 8.78 Å². The number of rotatable bonds is 7. The van der Waals surface area contributed by atoms with Crippen molar-refractivity contribution in [1.82, 2.24) is 4.90 Å². The minimum absolute atomic E-state index is 0. The summed E-state index contributed by atoms with van der Waals surface area (Å²) in [4.78, 5) is 14.8. The summed E-state index contributed by atoms with van der Waals surface area (Å²) in [5.41, 5.74) is -1.89. The molecule has 1 aliphatic heterocycles. The smallest absolute Gasteiger partial charge is 0.343 e. The second kappa shape index (κ2) is 10.2. The molecule has 2 aliphatic rings. The van der Waals surface area contributed by atoms with Gasteiger partial charge in [-0.1, -0.05) is 23.7 Å². The highest BCUT2D eigenvalue weighted by molar-refractivity contribution is 6.30. The van der Waals surface area contributed by atoms with Gasteiger partial charge in [-0.25, -0.2) is 13.6 Å². The van der Waals surface area contributed by atoms with Crippen LogP contribution in [-0.2, 0) is 15.1 Å². The molecule has 1 saturated heterocycles. The molecule has 1 aliphatic carbocycles. The first kappa shape index (κ1) is 24.8. The lowest BCUT2D eigenvalue weighted by molar-refractivity contribution is -0.175. The van der Waals surface area contributed by atoms with Gasteiger partial charge in [0.15, 0.2) is 5.60 Å². The standard InChI is InChI=1S/C21H27ClF2N2O3.ClH/c22-18-3-1-16(2-4-18)21(28,17-5-9-20(23,24)13-17)19(27)29-12-8-15-6-10-26(14-25)11-7-15;/h1-4,14-15,17,25,28H,5-13H2;1H/t17-,21+;/m1./s1. The largest absolute Gasteiger partial charge is 0.463 e. The molecule has 0 bridgehead atoms. The molecule has 0 unspecified atom stereocenters. The summed E-state index contributed by atoms with van der Waals surface area (Å²) in [6, 6.07) is 6.04. The molecule has 1 aromatic carbocycles. The third-order valence-electron chi connectivity index (χ3n) is 6.18. The molecular weight excluding hydrogens is 437 g/mol. The van der Waals surface area contributed by atoms with Crippen LogP contribution in [-0.4, -0.2) is 47.9 Å². The predicted molar refractivity (Wildman–Crippen MR) is 114 cm³/mol. The molecule has 1 aromatic rings. The van der Waals surface area contributed by atoms with E-state index < -0.39 is 29.8 Å². The fraction of sp³-hybridized carbons (Fsp3) is 0.619. The average Bonchev–Trinajstić information content (AvgIpc) is 3.08. The van der Waals surface area contributed by atoms with Crippen molar-refractivity contribution in [1.29, 1.82) is 5.41 Å². The number of likely N-dealkylation sites (tertiary alicyclic amines) is 1. The number of benzene rings is 1. The number of alkyl halides is 2. The van der Waals surface area contributed by atoms with Crippen molar-refractivity contribution in [2.45, 2.75) is 50.0 Å². The van der Waals surface area contributed by atoms with Crippen LogP contribution >= 0.6 is 24.0 Å². The van der Waals surface area contributed by atoms with Crippen molar-refractivity contribution in [3.63, 3.8) is 0 Å². The third-order valence-corrected chi connectivity index (χ3v) is 6.43. The summed E-state index contributed by atoms with van der Waals surface area (Å²) >= 11 is 5.90. The van der Waals surface area contributed by atoms with Crippen molar-refractivity contribution in [2.75, 3.05) is 19.7 Å². The number of esters is 1. The molecule has 5 nitrogen and oxygen atoms in total. The summed E-state index contributed by atoms with van der Waals surface area (Å²) in [7, 11) is 0. The maximum Gasteiger partial charge on any atom is 0.343 e. The lowest BCUT2D eigenvalue weighted by atomic mass is 9.80. The highest BCUT2D eigenvalue weighted by Gasteiger charge is 2.54. The van der Waals surface area contributed by atoms with Crippen molar-refractivity contribution in [2.24, 2.45) is 11.8 Å². The zero-order chi connectivity index (χ0) is 21.1. The maximum absolute atomic E-state index is 13.8. The number of halogens is 4. The maximum atomic E-state index is 13.8. The zero-order valence-corrected chi connectivity index (χ0v) is 18.2. The number of hydrogen-bond donors (Lipinski definition) is 2. The first-order valence-corrected chi connectivity index (χ1v) is 10.4. The summed E-state index contributed by atoms with van der Waals surface area (Å²) in [6.45, 7) is 1.73. The van der Waals surface area contributed by atoms with Gasteiger partial charge in [0.2, 0.25) is 5.92 Å². The fourth-order valence-corrected chi connectivity index (χ4v) is 4.46. The van der Waals surface area contributed by atoms with Gasteiger partial charge < -0.3 is 14.7 Å². The van der Waals surface area contributed by atoms with Crippen LogP contribution in [0.3, 0.4) is 0 Å². The molecule has 9 heteroatoms. The minimum Gasteiger partial charge on any atom is -0.463 e. The van der Waals surface area contributed by atoms with Gasteiger partial charge >= 0.3 is 5.97 Å². The minimum atomic E-state index is -2.89. The first-order valence-electron chi connectivity index (χ1n) is 10.0. The molecule has 1 saturated carbocycles. The van der Waals surface area contributed by atoms with E-state index in [0.29, 0.717) is 17.4 Å². The Morgan fingerprint density at radius 1 is 1.30 bits per heavy atom. The Bertz CT molecular complexity index is 727. The van der Waals surface area contributed by atoms with E-state index >= 15 is 0 Å². The van der Waals surface area contributed by atoms with Crippen LogP contribution < -0.4 is 0 Å². The Morgan fingerprint density at radius 3 is 2.47 bits per heavy atom. The summed E-state index contributed by atoms with van der Waals surface area (Å²) in [5, 5.41) is 19.0. The van der Waals surface area contributed by atoms with E-state index in [1.165, 1.54) is 30.6 Å². The number of nitrogens with one attached hydrogen (secondary N) is 1. The summed E-state index contributed by atoms with van der Waals surface area (Å²) in [5.74, 6) is -4.31. The first-order chi connectivity index (χ1) is 13.7. The van der Waals surface area contributed by atoms with Gasteiger partial charge in [0.1, 0.15) is 0 Å². The number of carbonyl (C=O) groups excluding carboxylic acids is 1.